The summed E-state index contributed by atoms with van der Waals surface area (Å²) >= 11 is 0. The first-order valence-electron chi connectivity index (χ1n) is 8.08. The van der Waals surface area contributed by atoms with Gasteiger partial charge in [0.1, 0.15) is 11.5 Å². The number of hydrogen-bond acceptors (Lipinski definition) is 6. The summed E-state index contributed by atoms with van der Waals surface area (Å²) in [6.45, 7) is 2.82. The number of hydrogen-bond donors (Lipinski definition) is 1. The Kier molecular flexibility index (Phi) is 4.76. The second-order valence-electron chi connectivity index (χ2n) is 6.32. The SMILES string of the molecule is CN(C)C1CCN(c2ccc(NCc3cn(C)nn3)nc2)CC1. The summed E-state index contributed by atoms with van der Waals surface area (Å²) in [7, 11) is 6.20. The largest absolute Gasteiger partial charge is 0.370 e. The van der Waals surface area contributed by atoms with Crippen LogP contribution in [-0.4, -0.2) is 58.1 Å². The van der Waals surface area contributed by atoms with E-state index in [0.29, 0.717) is 12.6 Å². The second kappa shape index (κ2) is 6.95. The zero-order valence-electron chi connectivity index (χ0n) is 14.1. The average molecular weight is 315 g/mol. The third-order valence-electron chi connectivity index (χ3n) is 4.41. The summed E-state index contributed by atoms with van der Waals surface area (Å²) < 4.78 is 1.70. The minimum Gasteiger partial charge on any atom is -0.370 e. The Morgan fingerprint density at radius 1 is 1.26 bits per heavy atom. The average Bonchev–Trinajstić information content (AvgIpc) is 2.99. The van der Waals surface area contributed by atoms with Crippen LogP contribution in [0.5, 0.6) is 0 Å². The van der Waals surface area contributed by atoms with E-state index in [1.807, 2.05) is 25.5 Å². The Balaban J connectivity index is 1.53. The van der Waals surface area contributed by atoms with Crippen molar-refractivity contribution in [3.05, 3.63) is 30.2 Å². The van der Waals surface area contributed by atoms with Gasteiger partial charge in [-0.15, -0.1) is 5.10 Å². The molecular weight excluding hydrogens is 290 g/mol. The number of anilines is 2. The summed E-state index contributed by atoms with van der Waals surface area (Å²) in [5.74, 6) is 0.864. The fourth-order valence-corrected chi connectivity index (χ4v) is 2.98. The topological polar surface area (TPSA) is 62.1 Å². The van der Waals surface area contributed by atoms with E-state index in [0.717, 1.165) is 24.6 Å². The molecule has 0 amide bonds. The third-order valence-corrected chi connectivity index (χ3v) is 4.41. The zero-order chi connectivity index (χ0) is 16.2. The second-order valence-corrected chi connectivity index (χ2v) is 6.32. The van der Waals surface area contributed by atoms with Crippen molar-refractivity contribution in [3.63, 3.8) is 0 Å². The van der Waals surface area contributed by atoms with E-state index in [9.17, 15) is 0 Å². The highest BCUT2D eigenvalue weighted by Gasteiger charge is 2.20. The first-order valence-corrected chi connectivity index (χ1v) is 8.08. The van der Waals surface area contributed by atoms with E-state index >= 15 is 0 Å². The number of nitrogens with one attached hydrogen (secondary N) is 1. The minimum atomic E-state index is 0.633. The van der Waals surface area contributed by atoms with Gasteiger partial charge in [0, 0.05) is 32.4 Å². The number of aryl methyl sites for hydroxylation is 1. The maximum Gasteiger partial charge on any atom is 0.126 e. The number of nitrogens with zero attached hydrogens (tertiary/aromatic N) is 6. The fourth-order valence-electron chi connectivity index (χ4n) is 2.98. The standard InChI is InChI=1S/C16H25N7/c1-21(2)14-6-8-23(9-7-14)15-4-5-16(18-11-15)17-10-13-12-22(3)20-19-13/h4-5,11-12,14H,6-10H2,1-3H3,(H,17,18). The van der Waals surface area contributed by atoms with E-state index in [1.165, 1.54) is 18.5 Å². The molecule has 2 aromatic rings. The van der Waals surface area contributed by atoms with Crippen LogP contribution in [0.2, 0.25) is 0 Å². The predicted octanol–water partition coefficient (Wildman–Crippen LogP) is 1.35. The molecule has 1 aliphatic heterocycles. The Bertz CT molecular complexity index is 612. The molecule has 0 unspecified atom stereocenters. The van der Waals surface area contributed by atoms with E-state index in [4.69, 9.17) is 0 Å². The molecule has 3 rings (SSSR count). The molecule has 1 fully saturated rings. The lowest BCUT2D eigenvalue weighted by atomic mass is 10.0. The molecule has 1 saturated heterocycles. The van der Waals surface area contributed by atoms with Gasteiger partial charge in [-0.25, -0.2) is 4.98 Å². The molecule has 2 aromatic heterocycles. The predicted molar refractivity (Wildman–Crippen MR) is 91.5 cm³/mol. The molecule has 0 saturated carbocycles. The van der Waals surface area contributed by atoms with Crippen molar-refractivity contribution in [3.8, 4) is 0 Å². The molecule has 7 heteroatoms. The Morgan fingerprint density at radius 2 is 2.04 bits per heavy atom. The Morgan fingerprint density at radius 3 is 2.61 bits per heavy atom. The van der Waals surface area contributed by atoms with Gasteiger partial charge in [0.2, 0.25) is 0 Å². The van der Waals surface area contributed by atoms with Crippen LogP contribution < -0.4 is 10.2 Å². The van der Waals surface area contributed by atoms with Gasteiger partial charge in [0.25, 0.3) is 0 Å². The summed E-state index contributed by atoms with van der Waals surface area (Å²) in [6, 6.07) is 4.87. The number of rotatable bonds is 5. The van der Waals surface area contributed by atoms with Crippen LogP contribution in [0.3, 0.4) is 0 Å². The van der Waals surface area contributed by atoms with Crippen LogP contribution >= 0.6 is 0 Å². The highest BCUT2D eigenvalue weighted by Crippen LogP contribution is 2.22. The van der Waals surface area contributed by atoms with Gasteiger partial charge in [-0.2, -0.15) is 0 Å². The van der Waals surface area contributed by atoms with Crippen LogP contribution in [0.15, 0.2) is 24.5 Å². The van der Waals surface area contributed by atoms with Crippen LogP contribution in [0.25, 0.3) is 0 Å². The molecule has 0 aromatic carbocycles. The van der Waals surface area contributed by atoms with E-state index < -0.39 is 0 Å². The Hall–Kier alpha value is -2.15. The number of piperidine rings is 1. The zero-order valence-corrected chi connectivity index (χ0v) is 14.1. The monoisotopic (exact) mass is 315 g/mol. The van der Waals surface area contributed by atoms with E-state index in [2.05, 4.69) is 50.6 Å². The quantitative estimate of drug-likeness (QED) is 0.899. The van der Waals surface area contributed by atoms with Gasteiger partial charge in [0.15, 0.2) is 0 Å². The molecule has 1 N–H and O–H groups in total. The van der Waals surface area contributed by atoms with Gasteiger partial charge in [0.05, 0.1) is 18.4 Å². The molecule has 3 heterocycles. The van der Waals surface area contributed by atoms with Crippen LogP contribution in [0.4, 0.5) is 11.5 Å². The van der Waals surface area contributed by atoms with Crippen LogP contribution in [0, 0.1) is 0 Å². The minimum absolute atomic E-state index is 0.633. The normalized spacial score (nSPS) is 16.1. The van der Waals surface area contributed by atoms with Crippen molar-refractivity contribution in [2.75, 3.05) is 37.4 Å². The van der Waals surface area contributed by atoms with Crippen molar-refractivity contribution in [1.29, 1.82) is 0 Å². The van der Waals surface area contributed by atoms with E-state index in [1.54, 1.807) is 4.68 Å². The van der Waals surface area contributed by atoms with Gasteiger partial charge in [-0.05, 0) is 39.1 Å². The lowest BCUT2D eigenvalue weighted by molar-refractivity contribution is 0.249. The van der Waals surface area contributed by atoms with Crippen molar-refractivity contribution in [1.82, 2.24) is 24.9 Å². The van der Waals surface area contributed by atoms with Crippen molar-refractivity contribution < 1.29 is 0 Å². The lowest BCUT2D eigenvalue weighted by Gasteiger charge is -2.36. The maximum absolute atomic E-state index is 4.51. The maximum atomic E-state index is 4.51. The van der Waals surface area contributed by atoms with Crippen molar-refractivity contribution in [2.45, 2.75) is 25.4 Å². The molecule has 7 nitrogen and oxygen atoms in total. The molecule has 23 heavy (non-hydrogen) atoms. The van der Waals surface area contributed by atoms with E-state index in [-0.39, 0.29) is 0 Å². The first kappa shape index (κ1) is 15.7. The summed E-state index contributed by atoms with van der Waals surface area (Å²) in [5.41, 5.74) is 2.11. The molecule has 0 radical (unpaired) electrons. The molecule has 0 spiro atoms. The molecular formula is C16H25N7. The van der Waals surface area contributed by atoms with Crippen LogP contribution in [-0.2, 0) is 13.6 Å². The molecule has 0 atom stereocenters. The van der Waals surface area contributed by atoms with Gasteiger partial charge >= 0.3 is 0 Å². The summed E-state index contributed by atoms with van der Waals surface area (Å²) in [4.78, 5) is 9.26. The van der Waals surface area contributed by atoms with Crippen molar-refractivity contribution >= 4 is 11.5 Å². The first-order chi connectivity index (χ1) is 11.1. The molecule has 0 aliphatic carbocycles. The fraction of sp³-hybridized carbons (Fsp3) is 0.562. The van der Waals surface area contributed by atoms with Gasteiger partial charge < -0.3 is 15.1 Å². The third kappa shape index (κ3) is 3.98. The van der Waals surface area contributed by atoms with Gasteiger partial charge in [-0.3, -0.25) is 4.68 Å². The highest BCUT2D eigenvalue weighted by molar-refractivity contribution is 5.49. The van der Waals surface area contributed by atoms with Gasteiger partial charge in [-0.1, -0.05) is 5.21 Å². The van der Waals surface area contributed by atoms with Crippen LogP contribution in [0.1, 0.15) is 18.5 Å². The molecule has 0 bridgehead atoms. The Labute approximate surface area is 137 Å². The number of aromatic nitrogens is 4. The summed E-state index contributed by atoms with van der Waals surface area (Å²) in [6.07, 6.45) is 6.27. The summed E-state index contributed by atoms with van der Waals surface area (Å²) in [5, 5.41) is 11.2. The molecule has 124 valence electrons. The lowest BCUT2D eigenvalue weighted by Crippen LogP contribution is -2.42. The van der Waals surface area contributed by atoms with Crippen molar-refractivity contribution in [2.24, 2.45) is 7.05 Å². The number of pyridine rings is 1. The smallest absolute Gasteiger partial charge is 0.126 e. The highest BCUT2D eigenvalue weighted by atomic mass is 15.4. The molecule has 1 aliphatic rings.